The Morgan fingerprint density at radius 1 is 1.50 bits per heavy atom. The van der Waals surface area contributed by atoms with Crippen LogP contribution in [0.15, 0.2) is 0 Å². The Hall–Kier alpha value is -0.650. The van der Waals surface area contributed by atoms with E-state index in [0.717, 1.165) is 0 Å². The molecule has 1 rings (SSSR count). The van der Waals surface area contributed by atoms with Crippen molar-refractivity contribution in [3.8, 4) is 0 Å². The van der Waals surface area contributed by atoms with E-state index < -0.39 is 5.60 Å². The first kappa shape index (κ1) is 15.4. The number of carbonyl (C=O) groups is 1. The average molecular weight is 258 g/mol. The molecule has 0 bridgehead atoms. The Labute approximate surface area is 109 Å². The Morgan fingerprint density at radius 3 is 2.56 bits per heavy atom. The Morgan fingerprint density at radius 2 is 2.11 bits per heavy atom. The maximum absolute atomic E-state index is 11.6. The van der Waals surface area contributed by atoms with Crippen molar-refractivity contribution >= 4 is 5.91 Å². The fourth-order valence-electron chi connectivity index (χ4n) is 2.35. The van der Waals surface area contributed by atoms with E-state index in [4.69, 9.17) is 4.74 Å². The Kier molecular flexibility index (Phi) is 4.75. The minimum Gasteiger partial charge on any atom is -0.387 e. The van der Waals surface area contributed by atoms with Gasteiger partial charge < -0.3 is 20.1 Å². The third-order valence-electron chi connectivity index (χ3n) is 3.93. The van der Waals surface area contributed by atoms with Gasteiger partial charge in [0.25, 0.3) is 0 Å². The predicted octanol–water partition coefficient (Wildman–Crippen LogP) is 0.230. The molecule has 2 atom stereocenters. The summed E-state index contributed by atoms with van der Waals surface area (Å²) in [7, 11) is 3.68. The van der Waals surface area contributed by atoms with Gasteiger partial charge in [-0.15, -0.1) is 0 Å². The molecule has 1 aliphatic rings. The summed E-state index contributed by atoms with van der Waals surface area (Å²) in [5.74, 6) is -0.0657. The highest BCUT2D eigenvalue weighted by molar-refractivity contribution is 5.78. The van der Waals surface area contributed by atoms with Crippen molar-refractivity contribution in [3.05, 3.63) is 0 Å². The normalized spacial score (nSPS) is 30.1. The predicted molar refractivity (Wildman–Crippen MR) is 70.3 cm³/mol. The van der Waals surface area contributed by atoms with Crippen LogP contribution in [-0.2, 0) is 9.53 Å². The average Bonchev–Trinajstić information content (AvgIpc) is 2.25. The second-order valence-corrected chi connectivity index (χ2v) is 5.92. The van der Waals surface area contributed by atoms with Gasteiger partial charge in [0.2, 0.25) is 5.91 Å². The fourth-order valence-corrected chi connectivity index (χ4v) is 2.35. The molecule has 0 radical (unpaired) electrons. The number of nitrogens with one attached hydrogen (secondary N) is 1. The zero-order valence-electron chi connectivity index (χ0n) is 12.1. The highest BCUT2D eigenvalue weighted by Crippen LogP contribution is 2.50. The number of likely N-dealkylation sites (N-methyl/N-ethyl adjacent to an activating group) is 1. The monoisotopic (exact) mass is 258 g/mol. The lowest BCUT2D eigenvalue weighted by Gasteiger charge is -2.57. The zero-order chi connectivity index (χ0) is 14.0. The lowest BCUT2D eigenvalue weighted by molar-refractivity contribution is -0.238. The molecule has 0 saturated heterocycles. The standard InChI is InChI=1S/C13H26N2O3/c1-6-18-10-7-13(17,12(10,2)3)9-14-11(16)8-15(4)5/h10,17H,6-9H2,1-5H3,(H,14,16)/t10-,13+/m0/s1. The summed E-state index contributed by atoms with van der Waals surface area (Å²) in [6.07, 6.45) is 0.647. The van der Waals surface area contributed by atoms with E-state index in [-0.39, 0.29) is 24.0 Å². The number of nitrogens with zero attached hydrogens (tertiary/aromatic N) is 1. The van der Waals surface area contributed by atoms with Crippen LogP contribution >= 0.6 is 0 Å². The summed E-state index contributed by atoms with van der Waals surface area (Å²) in [4.78, 5) is 13.4. The van der Waals surface area contributed by atoms with Crippen molar-refractivity contribution in [2.75, 3.05) is 33.8 Å². The number of hydrogen-bond donors (Lipinski definition) is 2. The SMILES string of the molecule is CCO[C@H]1C[C@@](O)(CNC(=O)CN(C)C)C1(C)C. The lowest BCUT2D eigenvalue weighted by Crippen LogP contribution is -2.68. The van der Waals surface area contributed by atoms with Crippen molar-refractivity contribution in [2.24, 2.45) is 5.41 Å². The maximum Gasteiger partial charge on any atom is 0.234 e. The highest BCUT2D eigenvalue weighted by Gasteiger charge is 2.59. The molecule has 0 aliphatic heterocycles. The van der Waals surface area contributed by atoms with Crippen molar-refractivity contribution in [3.63, 3.8) is 0 Å². The van der Waals surface area contributed by atoms with Gasteiger partial charge in [-0.3, -0.25) is 4.79 Å². The molecule has 2 N–H and O–H groups in total. The van der Waals surface area contributed by atoms with Gasteiger partial charge in [-0.05, 0) is 21.0 Å². The summed E-state index contributed by atoms with van der Waals surface area (Å²) >= 11 is 0. The second kappa shape index (κ2) is 5.55. The van der Waals surface area contributed by atoms with Crippen LogP contribution < -0.4 is 5.32 Å². The highest BCUT2D eigenvalue weighted by atomic mass is 16.5. The Balaban J connectivity index is 2.45. The molecule has 0 aromatic heterocycles. The van der Waals surface area contributed by atoms with Crippen molar-refractivity contribution in [2.45, 2.75) is 38.9 Å². The van der Waals surface area contributed by atoms with E-state index in [2.05, 4.69) is 5.32 Å². The van der Waals surface area contributed by atoms with Crippen LogP contribution in [0.3, 0.4) is 0 Å². The van der Waals surface area contributed by atoms with Gasteiger partial charge in [0.1, 0.15) is 0 Å². The first-order valence-corrected chi connectivity index (χ1v) is 6.48. The molecule has 0 heterocycles. The molecule has 106 valence electrons. The number of hydrogen-bond acceptors (Lipinski definition) is 4. The first-order valence-electron chi connectivity index (χ1n) is 6.48. The van der Waals surface area contributed by atoms with Gasteiger partial charge in [0.05, 0.1) is 18.2 Å². The van der Waals surface area contributed by atoms with Gasteiger partial charge in [0, 0.05) is 25.0 Å². The molecule has 5 heteroatoms. The van der Waals surface area contributed by atoms with E-state index in [1.165, 1.54) is 0 Å². The smallest absolute Gasteiger partial charge is 0.234 e. The maximum atomic E-state index is 11.6. The van der Waals surface area contributed by atoms with Crippen LogP contribution in [0.2, 0.25) is 0 Å². The summed E-state index contributed by atoms with van der Waals surface area (Å²) in [5, 5.41) is 13.3. The van der Waals surface area contributed by atoms with Crippen molar-refractivity contribution in [1.82, 2.24) is 10.2 Å². The van der Waals surface area contributed by atoms with E-state index in [0.29, 0.717) is 19.6 Å². The van der Waals surface area contributed by atoms with E-state index in [1.54, 1.807) is 4.90 Å². The Bertz CT molecular complexity index is 305. The van der Waals surface area contributed by atoms with Crippen LogP contribution in [0, 0.1) is 5.41 Å². The molecule has 1 aliphatic carbocycles. The third kappa shape index (κ3) is 3.02. The third-order valence-corrected chi connectivity index (χ3v) is 3.93. The molecule has 0 aromatic carbocycles. The molecule has 1 amide bonds. The molecular formula is C13H26N2O3. The van der Waals surface area contributed by atoms with Crippen LogP contribution in [0.1, 0.15) is 27.2 Å². The summed E-state index contributed by atoms with van der Waals surface area (Å²) < 4.78 is 5.58. The van der Waals surface area contributed by atoms with Crippen LogP contribution in [0.4, 0.5) is 0 Å². The lowest BCUT2D eigenvalue weighted by atomic mass is 9.56. The van der Waals surface area contributed by atoms with Gasteiger partial charge in [-0.25, -0.2) is 0 Å². The quantitative estimate of drug-likeness (QED) is 0.716. The van der Waals surface area contributed by atoms with Gasteiger partial charge in [0.15, 0.2) is 0 Å². The van der Waals surface area contributed by atoms with Crippen LogP contribution in [0.25, 0.3) is 0 Å². The minimum atomic E-state index is -0.866. The molecule has 18 heavy (non-hydrogen) atoms. The molecule has 0 aromatic rings. The molecule has 1 saturated carbocycles. The topological polar surface area (TPSA) is 61.8 Å². The summed E-state index contributed by atoms with van der Waals surface area (Å²) in [6, 6.07) is 0. The van der Waals surface area contributed by atoms with Crippen LogP contribution in [-0.4, -0.2) is 61.4 Å². The number of ether oxygens (including phenoxy) is 1. The van der Waals surface area contributed by atoms with E-state index in [9.17, 15) is 9.90 Å². The van der Waals surface area contributed by atoms with E-state index >= 15 is 0 Å². The fraction of sp³-hybridized carbons (Fsp3) is 0.923. The summed E-state index contributed by atoms with van der Waals surface area (Å²) in [5.41, 5.74) is -1.19. The summed E-state index contributed by atoms with van der Waals surface area (Å²) in [6.45, 7) is 7.19. The number of carbonyl (C=O) groups excluding carboxylic acids is 1. The largest absolute Gasteiger partial charge is 0.387 e. The second-order valence-electron chi connectivity index (χ2n) is 5.92. The van der Waals surface area contributed by atoms with E-state index in [1.807, 2.05) is 34.9 Å². The first-order chi connectivity index (χ1) is 8.23. The van der Waals surface area contributed by atoms with Gasteiger partial charge in [-0.1, -0.05) is 13.8 Å². The molecule has 0 unspecified atom stereocenters. The van der Waals surface area contributed by atoms with Crippen LogP contribution in [0.5, 0.6) is 0 Å². The number of rotatable bonds is 6. The van der Waals surface area contributed by atoms with Crippen molar-refractivity contribution < 1.29 is 14.6 Å². The van der Waals surface area contributed by atoms with Crippen molar-refractivity contribution in [1.29, 1.82) is 0 Å². The molecule has 5 nitrogen and oxygen atoms in total. The molecule has 0 spiro atoms. The van der Waals surface area contributed by atoms with Gasteiger partial charge >= 0.3 is 0 Å². The zero-order valence-corrected chi connectivity index (χ0v) is 12.1. The minimum absolute atomic E-state index is 0.0657. The number of amides is 1. The molecular weight excluding hydrogens is 232 g/mol. The number of aliphatic hydroxyl groups is 1. The molecule has 1 fully saturated rings. The van der Waals surface area contributed by atoms with Gasteiger partial charge in [-0.2, -0.15) is 0 Å².